The third-order valence-corrected chi connectivity index (χ3v) is 2.93. The summed E-state index contributed by atoms with van der Waals surface area (Å²) in [5.41, 5.74) is -0.834. The second-order valence-corrected chi connectivity index (χ2v) is 6.33. The summed E-state index contributed by atoms with van der Waals surface area (Å²) in [5, 5.41) is 4.63. The largest absolute Gasteiger partial charge is 0.444 e. The van der Waals surface area contributed by atoms with Crippen LogP contribution in [0.3, 0.4) is 0 Å². The van der Waals surface area contributed by atoms with Crippen LogP contribution in [0.25, 0.3) is 0 Å². The van der Waals surface area contributed by atoms with E-state index in [4.69, 9.17) is 14.2 Å². The first-order valence-corrected chi connectivity index (χ1v) is 7.77. The van der Waals surface area contributed by atoms with Gasteiger partial charge >= 0.3 is 12.3 Å². The lowest BCUT2D eigenvalue weighted by Crippen LogP contribution is -2.49. The van der Waals surface area contributed by atoms with Crippen LogP contribution in [-0.4, -0.2) is 56.9 Å². The van der Waals surface area contributed by atoms with Crippen LogP contribution in [0, 0.1) is 0 Å². The Hall–Kier alpha value is -1.55. The van der Waals surface area contributed by atoms with Crippen LogP contribution >= 0.6 is 0 Å². The maximum atomic E-state index is 12.4. The Kier molecular flexibility index (Phi) is 9.80. The van der Waals surface area contributed by atoms with E-state index < -0.39 is 49.0 Å². The van der Waals surface area contributed by atoms with Gasteiger partial charge in [-0.3, -0.25) is 4.79 Å². The summed E-state index contributed by atoms with van der Waals surface area (Å²) in [6.07, 6.45) is -7.44. The fourth-order valence-electron chi connectivity index (χ4n) is 1.79. The molecule has 0 aromatic carbocycles. The maximum Gasteiger partial charge on any atom is 0.408 e. The molecule has 0 bridgehead atoms. The number of nitrogens with one attached hydrogen (secondary N) is 2. The SMILES string of the molecule is COC(CCNC(=O)[C@@H](CCC(F)(F)F)NC(=O)OC(C)(C)C)OC. The Morgan fingerprint density at radius 2 is 1.60 bits per heavy atom. The number of ether oxygens (including phenoxy) is 3. The predicted molar refractivity (Wildman–Crippen MR) is 83.9 cm³/mol. The molecule has 0 saturated heterocycles. The summed E-state index contributed by atoms with van der Waals surface area (Å²) in [7, 11) is 2.85. The number of amides is 2. The molecule has 7 nitrogen and oxygen atoms in total. The molecule has 0 aromatic heterocycles. The molecule has 0 aliphatic rings. The number of rotatable bonds is 9. The van der Waals surface area contributed by atoms with E-state index in [-0.39, 0.29) is 6.54 Å². The molecule has 0 fully saturated rings. The Morgan fingerprint density at radius 3 is 2.04 bits per heavy atom. The standard InChI is InChI=1S/C15H27F3N2O5/c1-14(2,3)25-13(22)20-10(6-8-15(16,17)18)12(21)19-9-7-11(23-4)24-5/h10-11H,6-9H2,1-5H3,(H,19,21)(H,20,22)/t10-/m1/s1. The molecule has 0 spiro atoms. The van der Waals surface area contributed by atoms with Crippen molar-refractivity contribution < 1.29 is 37.0 Å². The molecular formula is C15H27F3N2O5. The third-order valence-electron chi connectivity index (χ3n) is 2.93. The number of hydrogen-bond donors (Lipinski definition) is 2. The minimum atomic E-state index is -4.44. The van der Waals surface area contributed by atoms with Gasteiger partial charge in [0.1, 0.15) is 11.6 Å². The number of carbonyl (C=O) groups is 2. The average Bonchev–Trinajstić information content (AvgIpc) is 2.45. The quantitative estimate of drug-likeness (QED) is 0.607. The molecule has 1 atom stereocenters. The van der Waals surface area contributed by atoms with Crippen molar-refractivity contribution in [2.24, 2.45) is 0 Å². The van der Waals surface area contributed by atoms with Crippen molar-refractivity contribution in [2.45, 2.75) is 64.1 Å². The number of halogens is 3. The molecule has 0 aromatic rings. The molecule has 0 rings (SSSR count). The highest BCUT2D eigenvalue weighted by molar-refractivity contribution is 5.85. The number of hydrogen-bond acceptors (Lipinski definition) is 5. The van der Waals surface area contributed by atoms with Gasteiger partial charge in [0, 0.05) is 33.6 Å². The van der Waals surface area contributed by atoms with Gasteiger partial charge in [0.25, 0.3) is 0 Å². The van der Waals surface area contributed by atoms with Crippen molar-refractivity contribution in [1.82, 2.24) is 10.6 Å². The van der Waals surface area contributed by atoms with Crippen LogP contribution in [0.4, 0.5) is 18.0 Å². The molecule has 0 aliphatic heterocycles. The summed E-state index contributed by atoms with van der Waals surface area (Å²) >= 11 is 0. The van der Waals surface area contributed by atoms with Crippen LogP contribution in [0.1, 0.15) is 40.0 Å². The lowest BCUT2D eigenvalue weighted by Gasteiger charge is -2.24. The minimum Gasteiger partial charge on any atom is -0.444 e. The van der Waals surface area contributed by atoms with Gasteiger partial charge in [0.05, 0.1) is 0 Å². The molecule has 0 radical (unpaired) electrons. The maximum absolute atomic E-state index is 12.4. The van der Waals surface area contributed by atoms with E-state index in [1.165, 1.54) is 14.2 Å². The van der Waals surface area contributed by atoms with E-state index in [0.717, 1.165) is 0 Å². The lowest BCUT2D eigenvalue weighted by atomic mass is 10.1. The fraction of sp³-hybridized carbons (Fsp3) is 0.867. The van der Waals surface area contributed by atoms with Crippen molar-refractivity contribution in [3.05, 3.63) is 0 Å². The van der Waals surface area contributed by atoms with E-state index in [9.17, 15) is 22.8 Å². The van der Waals surface area contributed by atoms with Crippen LogP contribution in [0.15, 0.2) is 0 Å². The molecular weight excluding hydrogens is 345 g/mol. The molecule has 2 amide bonds. The zero-order chi connectivity index (χ0) is 19.7. The molecule has 10 heteroatoms. The van der Waals surface area contributed by atoms with Crippen molar-refractivity contribution in [2.75, 3.05) is 20.8 Å². The first-order valence-electron chi connectivity index (χ1n) is 7.77. The highest BCUT2D eigenvalue weighted by atomic mass is 19.4. The van der Waals surface area contributed by atoms with Crippen LogP contribution in [0.5, 0.6) is 0 Å². The normalized spacial score (nSPS) is 13.5. The fourth-order valence-corrected chi connectivity index (χ4v) is 1.79. The topological polar surface area (TPSA) is 85.9 Å². The summed E-state index contributed by atoms with van der Waals surface area (Å²) in [5.74, 6) is -0.735. The molecule has 25 heavy (non-hydrogen) atoms. The summed E-state index contributed by atoms with van der Waals surface area (Å²) in [6.45, 7) is 4.93. The lowest BCUT2D eigenvalue weighted by molar-refractivity contribution is -0.139. The highest BCUT2D eigenvalue weighted by Gasteiger charge is 2.32. The summed E-state index contributed by atoms with van der Waals surface area (Å²) in [6, 6.07) is -1.36. The van der Waals surface area contributed by atoms with Crippen molar-refractivity contribution in [3.8, 4) is 0 Å². The van der Waals surface area contributed by atoms with Crippen LogP contribution < -0.4 is 10.6 Å². The summed E-state index contributed by atoms with van der Waals surface area (Å²) in [4.78, 5) is 23.8. The van der Waals surface area contributed by atoms with E-state index in [1.54, 1.807) is 20.8 Å². The van der Waals surface area contributed by atoms with Gasteiger partial charge in [-0.05, 0) is 27.2 Å². The predicted octanol–water partition coefficient (Wildman–Crippen LogP) is 2.35. The molecule has 0 saturated carbocycles. The minimum absolute atomic E-state index is 0.115. The first-order chi connectivity index (χ1) is 11.4. The van der Waals surface area contributed by atoms with E-state index in [2.05, 4.69) is 10.6 Å². The van der Waals surface area contributed by atoms with Crippen LogP contribution in [0.2, 0.25) is 0 Å². The monoisotopic (exact) mass is 372 g/mol. The van der Waals surface area contributed by atoms with E-state index >= 15 is 0 Å². The Bertz CT molecular complexity index is 420. The van der Waals surface area contributed by atoms with Crippen molar-refractivity contribution in [1.29, 1.82) is 0 Å². The van der Waals surface area contributed by atoms with Crippen molar-refractivity contribution in [3.63, 3.8) is 0 Å². The van der Waals surface area contributed by atoms with Gasteiger partial charge in [-0.15, -0.1) is 0 Å². The van der Waals surface area contributed by atoms with Crippen molar-refractivity contribution >= 4 is 12.0 Å². The van der Waals surface area contributed by atoms with Gasteiger partial charge in [-0.2, -0.15) is 13.2 Å². The second-order valence-electron chi connectivity index (χ2n) is 6.33. The zero-order valence-electron chi connectivity index (χ0n) is 15.2. The molecule has 2 N–H and O–H groups in total. The second kappa shape index (κ2) is 10.4. The Morgan fingerprint density at radius 1 is 1.04 bits per heavy atom. The summed E-state index contributed by atoms with van der Waals surface area (Å²) < 4.78 is 52.1. The molecule has 0 heterocycles. The molecule has 0 aliphatic carbocycles. The highest BCUT2D eigenvalue weighted by Crippen LogP contribution is 2.22. The smallest absolute Gasteiger partial charge is 0.408 e. The Labute approximate surface area is 145 Å². The van der Waals surface area contributed by atoms with E-state index in [1.807, 2.05) is 0 Å². The Balaban J connectivity index is 4.70. The zero-order valence-corrected chi connectivity index (χ0v) is 15.2. The van der Waals surface area contributed by atoms with Gasteiger partial charge in [-0.1, -0.05) is 0 Å². The first kappa shape index (κ1) is 23.4. The number of alkyl carbamates (subject to hydrolysis) is 1. The number of carbonyl (C=O) groups excluding carboxylic acids is 2. The van der Waals surface area contributed by atoms with Gasteiger partial charge in [-0.25, -0.2) is 4.79 Å². The molecule has 0 unspecified atom stereocenters. The van der Waals surface area contributed by atoms with Crippen LogP contribution in [-0.2, 0) is 19.0 Å². The van der Waals surface area contributed by atoms with Gasteiger partial charge in [0.15, 0.2) is 6.29 Å². The molecule has 148 valence electrons. The third kappa shape index (κ3) is 12.5. The number of methoxy groups -OCH3 is 2. The van der Waals surface area contributed by atoms with Gasteiger partial charge < -0.3 is 24.8 Å². The van der Waals surface area contributed by atoms with E-state index in [0.29, 0.717) is 6.42 Å². The number of alkyl halides is 3. The van der Waals surface area contributed by atoms with Gasteiger partial charge in [0.2, 0.25) is 5.91 Å². The average molecular weight is 372 g/mol.